The molecule has 2 rings (SSSR count). The summed E-state index contributed by atoms with van der Waals surface area (Å²) in [6.07, 6.45) is 0.375. The minimum Gasteiger partial charge on any atom is -0.285 e. The predicted octanol–water partition coefficient (Wildman–Crippen LogP) is 1.86. The lowest BCUT2D eigenvalue weighted by molar-refractivity contribution is 0.544. The third-order valence-corrected chi connectivity index (χ3v) is 3.31. The summed E-state index contributed by atoms with van der Waals surface area (Å²) in [5.41, 5.74) is 1.35. The van der Waals surface area contributed by atoms with E-state index in [1.807, 2.05) is 0 Å². The normalized spacial score (nSPS) is 12.2. The highest BCUT2D eigenvalue weighted by molar-refractivity contribution is 7.86. The Bertz CT molecular complexity index is 646. The van der Waals surface area contributed by atoms with Gasteiger partial charge in [-0.15, -0.1) is 0 Å². The lowest BCUT2D eigenvalue weighted by atomic mass is 10.3. The molecule has 0 unspecified atom stereocenters. The highest BCUT2D eigenvalue weighted by atomic mass is 32.3. The first-order valence-corrected chi connectivity index (χ1v) is 6.25. The molecule has 0 aliphatic carbocycles. The Kier molecular flexibility index (Phi) is 2.46. The van der Waals surface area contributed by atoms with E-state index < -0.39 is 10.2 Å². The number of hydrogen-bond acceptors (Lipinski definition) is 3. The summed E-state index contributed by atoms with van der Waals surface area (Å²) in [6, 6.07) is 5.12. The molecule has 2 heterocycles. The maximum absolute atomic E-state index is 13.2. The fourth-order valence-electron chi connectivity index (χ4n) is 1.75. The summed E-state index contributed by atoms with van der Waals surface area (Å²) < 4.78 is 36.8. The maximum Gasteiger partial charge on any atom is 0.350 e. The van der Waals surface area contributed by atoms with Gasteiger partial charge in [0.1, 0.15) is 5.65 Å². The van der Waals surface area contributed by atoms with E-state index in [-0.39, 0.29) is 10.7 Å². The molecule has 0 saturated heterocycles. The van der Waals surface area contributed by atoms with E-state index in [2.05, 4.69) is 4.98 Å². The first-order valence-electron chi connectivity index (χ1n) is 4.86. The van der Waals surface area contributed by atoms with Gasteiger partial charge in [0.2, 0.25) is 0 Å². The number of fused-ring (bicyclic) bond motifs is 1. The summed E-state index contributed by atoms with van der Waals surface area (Å²) in [5, 5.41) is -0.344. The van der Waals surface area contributed by atoms with Crippen LogP contribution >= 0.6 is 0 Å². The Hall–Kier alpha value is -1.43. The van der Waals surface area contributed by atoms with Crippen LogP contribution < -0.4 is 0 Å². The van der Waals surface area contributed by atoms with Crippen molar-refractivity contribution in [1.29, 1.82) is 0 Å². The van der Waals surface area contributed by atoms with Crippen molar-refractivity contribution >= 4 is 15.9 Å². The van der Waals surface area contributed by atoms with E-state index in [9.17, 15) is 12.3 Å². The van der Waals surface area contributed by atoms with Crippen LogP contribution in [0.4, 0.5) is 3.89 Å². The van der Waals surface area contributed by atoms with E-state index in [1.165, 1.54) is 4.40 Å². The molecule has 0 N–H and O–H groups in total. The smallest absolute Gasteiger partial charge is 0.285 e. The maximum atomic E-state index is 13.2. The Labute approximate surface area is 93.0 Å². The van der Waals surface area contributed by atoms with Crippen molar-refractivity contribution in [3.05, 3.63) is 29.6 Å². The van der Waals surface area contributed by atoms with Gasteiger partial charge >= 0.3 is 10.2 Å². The van der Waals surface area contributed by atoms with Crippen molar-refractivity contribution in [3.8, 4) is 0 Å². The Morgan fingerprint density at radius 1 is 1.44 bits per heavy atom. The van der Waals surface area contributed by atoms with Gasteiger partial charge in [-0.3, -0.25) is 4.40 Å². The second-order valence-electron chi connectivity index (χ2n) is 3.52. The van der Waals surface area contributed by atoms with Crippen LogP contribution in [0.15, 0.2) is 23.2 Å². The van der Waals surface area contributed by atoms with Gasteiger partial charge in [0.05, 0.1) is 5.69 Å². The van der Waals surface area contributed by atoms with Gasteiger partial charge in [0, 0.05) is 5.69 Å². The average Bonchev–Trinajstić information content (AvgIpc) is 2.57. The number of aryl methyl sites for hydroxylation is 2. The molecule has 2 aromatic heterocycles. The van der Waals surface area contributed by atoms with Crippen molar-refractivity contribution in [2.45, 2.75) is 25.3 Å². The molecule has 0 bridgehead atoms. The second-order valence-corrected chi connectivity index (χ2v) is 4.78. The van der Waals surface area contributed by atoms with Crippen molar-refractivity contribution in [3.63, 3.8) is 0 Å². The SMILES string of the molecule is CCc1nc2cccc(C)n2c1S(=O)(=O)F. The Morgan fingerprint density at radius 2 is 2.12 bits per heavy atom. The van der Waals surface area contributed by atoms with Crippen molar-refractivity contribution < 1.29 is 12.3 Å². The van der Waals surface area contributed by atoms with Crippen LogP contribution in [0, 0.1) is 6.92 Å². The zero-order valence-electron chi connectivity index (χ0n) is 8.94. The summed E-state index contributed by atoms with van der Waals surface area (Å²) >= 11 is 0. The van der Waals surface area contributed by atoms with Crippen LogP contribution in [0.2, 0.25) is 0 Å². The quantitative estimate of drug-likeness (QED) is 0.755. The fraction of sp³-hybridized carbons (Fsp3) is 0.300. The van der Waals surface area contributed by atoms with Crippen LogP contribution in [0.5, 0.6) is 0 Å². The van der Waals surface area contributed by atoms with E-state index in [4.69, 9.17) is 0 Å². The van der Waals surface area contributed by atoms with Crippen LogP contribution in [0.1, 0.15) is 18.3 Å². The highest BCUT2D eigenvalue weighted by Gasteiger charge is 2.24. The van der Waals surface area contributed by atoms with E-state index >= 15 is 0 Å². The fourth-order valence-corrected chi connectivity index (χ4v) is 2.68. The summed E-state index contributed by atoms with van der Waals surface area (Å²) in [4.78, 5) is 4.10. The molecule has 0 radical (unpaired) electrons. The largest absolute Gasteiger partial charge is 0.350 e. The molecular weight excluding hydrogens is 231 g/mol. The molecule has 0 amide bonds. The lowest BCUT2D eigenvalue weighted by Crippen LogP contribution is -2.03. The van der Waals surface area contributed by atoms with Gasteiger partial charge in [-0.1, -0.05) is 16.9 Å². The lowest BCUT2D eigenvalue weighted by Gasteiger charge is -2.02. The molecule has 86 valence electrons. The number of pyridine rings is 1. The zero-order valence-corrected chi connectivity index (χ0v) is 9.75. The van der Waals surface area contributed by atoms with Crippen LogP contribution in [0.3, 0.4) is 0 Å². The zero-order chi connectivity index (χ0) is 11.9. The summed E-state index contributed by atoms with van der Waals surface area (Å²) in [5.74, 6) is 0. The molecule has 16 heavy (non-hydrogen) atoms. The molecule has 0 aromatic carbocycles. The minimum absolute atomic E-state index is 0.261. The molecule has 0 atom stereocenters. The van der Waals surface area contributed by atoms with E-state index in [0.717, 1.165) is 0 Å². The van der Waals surface area contributed by atoms with Crippen LogP contribution in [0.25, 0.3) is 5.65 Å². The van der Waals surface area contributed by atoms with Gasteiger partial charge in [0.15, 0.2) is 5.03 Å². The first kappa shape index (κ1) is 11.1. The summed E-state index contributed by atoms with van der Waals surface area (Å²) in [7, 11) is -4.75. The third-order valence-electron chi connectivity index (χ3n) is 2.43. The van der Waals surface area contributed by atoms with Gasteiger partial charge in [0.25, 0.3) is 0 Å². The monoisotopic (exact) mass is 242 g/mol. The molecule has 0 saturated carbocycles. The van der Waals surface area contributed by atoms with E-state index in [1.54, 1.807) is 32.0 Å². The van der Waals surface area contributed by atoms with Gasteiger partial charge in [-0.25, -0.2) is 4.98 Å². The molecule has 0 fully saturated rings. The van der Waals surface area contributed by atoms with Gasteiger partial charge < -0.3 is 0 Å². The molecule has 0 aliphatic heterocycles. The van der Waals surface area contributed by atoms with Crippen molar-refractivity contribution in [1.82, 2.24) is 9.38 Å². The molecule has 0 spiro atoms. The molecule has 6 heteroatoms. The second kappa shape index (κ2) is 3.55. The number of aromatic nitrogens is 2. The standard InChI is InChI=1S/C10H11FN2O2S/c1-3-8-10(16(11,14)15)13-7(2)5-4-6-9(13)12-8/h4-6H,3H2,1-2H3. The topological polar surface area (TPSA) is 51.4 Å². The van der Waals surface area contributed by atoms with Gasteiger partial charge in [-0.2, -0.15) is 8.42 Å². The third kappa shape index (κ3) is 1.59. The number of nitrogens with zero attached hydrogens (tertiary/aromatic N) is 2. The highest BCUT2D eigenvalue weighted by Crippen LogP contribution is 2.22. The minimum atomic E-state index is -4.75. The molecule has 2 aromatic rings. The molecular formula is C10H11FN2O2S. The molecule has 0 aliphatic rings. The van der Waals surface area contributed by atoms with E-state index in [0.29, 0.717) is 17.8 Å². The van der Waals surface area contributed by atoms with Gasteiger partial charge in [-0.05, 0) is 25.5 Å². The van der Waals surface area contributed by atoms with Crippen molar-refractivity contribution in [2.75, 3.05) is 0 Å². The molecule has 4 nitrogen and oxygen atoms in total. The first-order chi connectivity index (χ1) is 7.45. The number of imidazole rings is 1. The average molecular weight is 242 g/mol. The van der Waals surface area contributed by atoms with Crippen molar-refractivity contribution in [2.24, 2.45) is 0 Å². The Morgan fingerprint density at radius 3 is 2.69 bits per heavy atom. The van der Waals surface area contributed by atoms with Crippen LogP contribution in [-0.2, 0) is 16.6 Å². The number of halogens is 1. The summed E-state index contributed by atoms with van der Waals surface area (Å²) in [6.45, 7) is 3.45. The number of hydrogen-bond donors (Lipinski definition) is 0. The Balaban J connectivity index is 2.98. The predicted molar refractivity (Wildman–Crippen MR) is 57.6 cm³/mol. The number of rotatable bonds is 2. The van der Waals surface area contributed by atoms with Crippen LogP contribution in [-0.4, -0.2) is 17.8 Å².